The average molecular weight is 677 g/mol. The van der Waals surface area contributed by atoms with E-state index in [2.05, 4.69) is 16.0 Å². The molecule has 5 rings (SSSR count). The minimum Gasteiger partial charge on any atom is -0.453 e. The second-order valence-corrected chi connectivity index (χ2v) is 15.5. The Hall–Kier alpha value is -3.13. The second kappa shape index (κ2) is 15.0. The van der Waals surface area contributed by atoms with Crippen molar-refractivity contribution in [2.24, 2.45) is 5.92 Å². The Labute approximate surface area is 276 Å². The van der Waals surface area contributed by atoms with Crippen LogP contribution in [0.15, 0.2) is 42.5 Å². The molecule has 3 saturated heterocycles. The predicted molar refractivity (Wildman–Crippen MR) is 174 cm³/mol. The quantitative estimate of drug-likeness (QED) is 0.352. The van der Waals surface area contributed by atoms with Crippen molar-refractivity contribution in [3.8, 4) is 0 Å². The molecular formula is C34H46F2N4O6S. The summed E-state index contributed by atoms with van der Waals surface area (Å²) in [5.41, 5.74) is 1.13. The first-order chi connectivity index (χ1) is 22.4. The smallest absolute Gasteiger partial charge is 0.407 e. The first kappa shape index (κ1) is 35.2. The summed E-state index contributed by atoms with van der Waals surface area (Å²) in [7, 11) is -2.30. The maximum Gasteiger partial charge on any atom is 0.407 e. The zero-order valence-electron chi connectivity index (χ0n) is 27.4. The normalized spacial score (nSPS) is 30.0. The van der Waals surface area contributed by atoms with E-state index in [1.54, 1.807) is 29.4 Å². The van der Waals surface area contributed by atoms with Crippen LogP contribution in [0.2, 0.25) is 0 Å². The van der Waals surface area contributed by atoms with Gasteiger partial charge in [-0.25, -0.2) is 22.0 Å². The number of amides is 2. The Kier molecular flexibility index (Phi) is 11.2. The highest BCUT2D eigenvalue weighted by atomic mass is 32.2. The fraction of sp³-hybridized carbons (Fsp3) is 0.588. The van der Waals surface area contributed by atoms with E-state index >= 15 is 4.39 Å². The monoisotopic (exact) mass is 676 g/mol. The molecule has 2 aromatic carbocycles. The number of anilines is 1. The predicted octanol–water partition coefficient (Wildman–Crippen LogP) is 4.70. The summed E-state index contributed by atoms with van der Waals surface area (Å²) < 4.78 is 68.5. The van der Waals surface area contributed by atoms with E-state index in [-0.39, 0.29) is 47.9 Å². The lowest BCUT2D eigenvalue weighted by Gasteiger charge is -2.40. The molecule has 2 aromatic rings. The summed E-state index contributed by atoms with van der Waals surface area (Å²) in [5.74, 6) is -2.26. The molecule has 0 spiro atoms. The first-order valence-corrected chi connectivity index (χ1v) is 17.9. The Morgan fingerprint density at radius 1 is 1.06 bits per heavy atom. The van der Waals surface area contributed by atoms with Crippen LogP contribution in [0.5, 0.6) is 0 Å². The zero-order chi connectivity index (χ0) is 33.9. The molecular weight excluding hydrogens is 630 g/mol. The van der Waals surface area contributed by atoms with Gasteiger partial charge in [0.1, 0.15) is 17.7 Å². The highest BCUT2D eigenvalue weighted by Crippen LogP contribution is 2.39. The van der Waals surface area contributed by atoms with E-state index < -0.39 is 50.9 Å². The van der Waals surface area contributed by atoms with Crippen molar-refractivity contribution in [2.75, 3.05) is 25.5 Å². The Morgan fingerprint density at radius 3 is 2.45 bits per heavy atom. The van der Waals surface area contributed by atoms with Gasteiger partial charge in [-0.1, -0.05) is 18.2 Å². The van der Waals surface area contributed by atoms with Crippen LogP contribution in [-0.4, -0.2) is 80.5 Å². The number of carbonyl (C=O) groups excluding carboxylic acids is 2. The lowest BCUT2D eigenvalue weighted by Crippen LogP contribution is -2.57. The molecule has 2 amide bonds. The molecule has 13 heteroatoms. The van der Waals surface area contributed by atoms with Crippen LogP contribution in [0, 0.1) is 17.6 Å². The summed E-state index contributed by atoms with van der Waals surface area (Å²) in [4.78, 5) is 26.9. The van der Waals surface area contributed by atoms with E-state index in [0.717, 1.165) is 6.42 Å². The number of ether oxygens (including phenoxy) is 2. The molecule has 3 aliphatic rings. The third-order valence-electron chi connectivity index (χ3n) is 9.91. The van der Waals surface area contributed by atoms with Gasteiger partial charge in [-0.3, -0.25) is 4.79 Å². The maximum absolute atomic E-state index is 15.5. The van der Waals surface area contributed by atoms with E-state index in [0.29, 0.717) is 44.3 Å². The van der Waals surface area contributed by atoms with Gasteiger partial charge in [0.2, 0.25) is 15.9 Å². The maximum atomic E-state index is 15.5. The number of methoxy groups -OCH3 is 1. The summed E-state index contributed by atoms with van der Waals surface area (Å²) in [6.07, 6.45) is 2.03. The van der Waals surface area contributed by atoms with Gasteiger partial charge in [0.15, 0.2) is 0 Å². The van der Waals surface area contributed by atoms with Gasteiger partial charge < -0.3 is 25.4 Å². The van der Waals surface area contributed by atoms with Crippen LogP contribution < -0.4 is 16.0 Å². The Morgan fingerprint density at radius 2 is 1.77 bits per heavy atom. The van der Waals surface area contributed by atoms with Gasteiger partial charge in [0.05, 0.1) is 24.6 Å². The Bertz CT molecular complexity index is 1520. The van der Waals surface area contributed by atoms with E-state index in [1.807, 2.05) is 13.8 Å². The van der Waals surface area contributed by atoms with Crippen LogP contribution >= 0.6 is 0 Å². The number of fused-ring (bicyclic) bond motifs is 2. The Balaban J connectivity index is 1.42. The number of nitrogens with one attached hydrogen (secondary N) is 3. The number of nitrogens with zero attached hydrogens (tertiary/aromatic N) is 1. The molecule has 258 valence electrons. The molecule has 0 aromatic heterocycles. The number of sulfonamides is 1. The lowest BCUT2D eigenvalue weighted by molar-refractivity contribution is -0.120. The van der Waals surface area contributed by atoms with Crippen molar-refractivity contribution in [1.82, 2.24) is 14.9 Å². The average Bonchev–Trinajstić information content (AvgIpc) is 3.11. The van der Waals surface area contributed by atoms with Crippen LogP contribution in [0.4, 0.5) is 19.3 Å². The molecule has 10 nitrogen and oxygen atoms in total. The minimum atomic E-state index is -3.50. The van der Waals surface area contributed by atoms with Crippen LogP contribution in [0.25, 0.3) is 0 Å². The van der Waals surface area contributed by atoms with Crippen LogP contribution in [-0.2, 0) is 30.7 Å². The van der Waals surface area contributed by atoms with Crippen molar-refractivity contribution in [3.63, 3.8) is 0 Å². The van der Waals surface area contributed by atoms with E-state index in [9.17, 15) is 22.4 Å². The third-order valence-corrected chi connectivity index (χ3v) is 12.3. The number of hydrogen-bond acceptors (Lipinski definition) is 7. The highest BCUT2D eigenvalue weighted by molar-refractivity contribution is 7.89. The highest BCUT2D eigenvalue weighted by Gasteiger charge is 2.42. The molecule has 3 fully saturated rings. The molecule has 0 radical (unpaired) electrons. The van der Waals surface area contributed by atoms with Crippen molar-refractivity contribution in [2.45, 2.75) is 101 Å². The number of hydrogen-bond donors (Lipinski definition) is 3. The van der Waals surface area contributed by atoms with Crippen molar-refractivity contribution < 1.29 is 36.3 Å². The summed E-state index contributed by atoms with van der Waals surface area (Å²) in [5, 5.41) is 8.53. The molecule has 3 aliphatic heterocycles. The first-order valence-electron chi connectivity index (χ1n) is 16.4. The van der Waals surface area contributed by atoms with Gasteiger partial charge in [0, 0.05) is 42.3 Å². The fourth-order valence-corrected chi connectivity index (χ4v) is 9.41. The second-order valence-electron chi connectivity index (χ2n) is 13.2. The number of alkyl carbamates (subject to hydrolysis) is 1. The molecule has 9 atom stereocenters. The van der Waals surface area contributed by atoms with Crippen LogP contribution in [0.1, 0.15) is 69.9 Å². The van der Waals surface area contributed by atoms with E-state index in [1.165, 1.54) is 31.4 Å². The zero-order valence-corrected chi connectivity index (χ0v) is 28.2. The molecule has 4 unspecified atom stereocenters. The summed E-state index contributed by atoms with van der Waals surface area (Å²) in [6, 6.07) is 8.81. The van der Waals surface area contributed by atoms with Gasteiger partial charge in [-0.15, -0.1) is 0 Å². The van der Waals surface area contributed by atoms with Gasteiger partial charge in [-0.2, -0.15) is 4.31 Å². The van der Waals surface area contributed by atoms with Crippen molar-refractivity contribution in [3.05, 3.63) is 65.2 Å². The van der Waals surface area contributed by atoms with E-state index in [4.69, 9.17) is 9.47 Å². The number of rotatable bonds is 9. The van der Waals surface area contributed by atoms with Gasteiger partial charge in [-0.05, 0) is 95.0 Å². The molecule has 0 saturated carbocycles. The molecule has 3 heterocycles. The number of carbonyl (C=O) groups is 2. The van der Waals surface area contributed by atoms with Crippen molar-refractivity contribution in [1.29, 1.82) is 0 Å². The third kappa shape index (κ3) is 8.13. The standard InChI is InChI=1S/C34H46F2N4O6S/c1-20-16-24(17-21(2)46-20)31(23-9-11-25(35)12-10-23)32(39-34(42)45-4)33(41)38-30-7-5-6-29(36)28(30)15-14-27-18-37-26-13-8-22(3)47(43,44)40(27)19-26/h5-7,9-12,20-22,24,26-27,31-32,37H,8,13-19H2,1-4H3,(H,38,41)(H,39,42)/t20-,21+,22?,24?,26-,27?,31+,32+/m1/s1. The summed E-state index contributed by atoms with van der Waals surface area (Å²) in [6.45, 7) is 6.47. The van der Waals surface area contributed by atoms with Gasteiger partial charge in [0.25, 0.3) is 0 Å². The van der Waals surface area contributed by atoms with Gasteiger partial charge >= 0.3 is 6.09 Å². The molecule has 47 heavy (non-hydrogen) atoms. The van der Waals surface area contributed by atoms with Crippen LogP contribution in [0.3, 0.4) is 0 Å². The SMILES string of the molecule is COC(=O)N[C@H](C(=O)Nc1cccc(F)c1CCC1CN[C@@H]2CCC(C)S(=O)(=O)N1C2)[C@@H](c1ccc(F)cc1)C1C[C@@H](C)O[C@@H](C)C1. The summed E-state index contributed by atoms with van der Waals surface area (Å²) >= 11 is 0. The largest absolute Gasteiger partial charge is 0.453 e. The number of benzene rings is 2. The van der Waals surface area contributed by atoms with Crippen molar-refractivity contribution >= 4 is 27.7 Å². The fourth-order valence-electron chi connectivity index (χ4n) is 7.53. The molecule has 3 N–H and O–H groups in total. The number of piperazine rings is 1. The lowest BCUT2D eigenvalue weighted by atomic mass is 9.74. The molecule has 2 bridgehead atoms. The number of halogens is 2. The molecule has 0 aliphatic carbocycles. The topological polar surface area (TPSA) is 126 Å². The minimum absolute atomic E-state index is 0.0873.